The molecule has 0 saturated heterocycles. The van der Waals surface area contributed by atoms with Crippen LogP contribution in [-0.2, 0) is 0 Å². The molecular formula is C6H11N3OS. The lowest BCUT2D eigenvalue weighted by molar-refractivity contribution is 0.189. The normalized spacial score (nSPS) is 12.9. The minimum atomic E-state index is -0.254. The topological polar surface area (TPSA) is 58.0 Å². The van der Waals surface area contributed by atoms with Crippen molar-refractivity contribution >= 4 is 16.7 Å². The molecule has 1 heterocycles. The summed E-state index contributed by atoms with van der Waals surface area (Å²) in [6, 6.07) is 0. The standard InChI is InChI=1S/C6H11N3OS/c1-5(10)2-3-7-6-8-4-9-11-6/h4-5,10H,2-3H2,1H3,(H,7,8,9)/t5-/m1/s1. The van der Waals surface area contributed by atoms with E-state index in [0.29, 0.717) is 0 Å². The van der Waals surface area contributed by atoms with Crippen molar-refractivity contribution in [2.75, 3.05) is 11.9 Å². The highest BCUT2D eigenvalue weighted by atomic mass is 32.1. The molecule has 0 aliphatic rings. The fourth-order valence-electron chi connectivity index (χ4n) is 0.639. The molecule has 0 aliphatic heterocycles. The summed E-state index contributed by atoms with van der Waals surface area (Å²) >= 11 is 1.32. The quantitative estimate of drug-likeness (QED) is 0.704. The minimum absolute atomic E-state index is 0.254. The summed E-state index contributed by atoms with van der Waals surface area (Å²) in [5.41, 5.74) is 0. The van der Waals surface area contributed by atoms with Crippen molar-refractivity contribution in [2.24, 2.45) is 0 Å². The molecule has 5 heteroatoms. The van der Waals surface area contributed by atoms with Crippen molar-refractivity contribution in [3.8, 4) is 0 Å². The predicted molar refractivity (Wildman–Crippen MR) is 44.7 cm³/mol. The van der Waals surface area contributed by atoms with Crippen LogP contribution in [0.2, 0.25) is 0 Å². The number of nitrogens with zero attached hydrogens (tertiary/aromatic N) is 2. The number of nitrogens with one attached hydrogen (secondary N) is 1. The Morgan fingerprint density at radius 3 is 3.18 bits per heavy atom. The molecule has 1 aromatic rings. The lowest BCUT2D eigenvalue weighted by Crippen LogP contribution is -2.09. The van der Waals surface area contributed by atoms with Gasteiger partial charge in [0, 0.05) is 18.1 Å². The second-order valence-corrected chi connectivity index (χ2v) is 3.09. The third-order valence-electron chi connectivity index (χ3n) is 1.20. The average Bonchev–Trinajstić information content (AvgIpc) is 2.39. The van der Waals surface area contributed by atoms with Gasteiger partial charge in [-0.3, -0.25) is 0 Å². The van der Waals surface area contributed by atoms with Gasteiger partial charge < -0.3 is 10.4 Å². The van der Waals surface area contributed by atoms with E-state index in [1.54, 1.807) is 6.92 Å². The summed E-state index contributed by atoms with van der Waals surface area (Å²) in [4.78, 5) is 3.93. The molecule has 0 spiro atoms. The molecule has 0 aliphatic carbocycles. The van der Waals surface area contributed by atoms with Crippen LogP contribution in [0.5, 0.6) is 0 Å². The van der Waals surface area contributed by atoms with Crippen molar-refractivity contribution in [3.05, 3.63) is 6.33 Å². The molecule has 1 atom stereocenters. The van der Waals surface area contributed by atoms with E-state index in [2.05, 4.69) is 14.7 Å². The zero-order valence-electron chi connectivity index (χ0n) is 6.32. The number of hydrogen-bond acceptors (Lipinski definition) is 5. The van der Waals surface area contributed by atoms with Crippen LogP contribution >= 0.6 is 11.5 Å². The van der Waals surface area contributed by atoms with Gasteiger partial charge in [-0.1, -0.05) is 0 Å². The van der Waals surface area contributed by atoms with E-state index in [1.165, 1.54) is 17.9 Å². The van der Waals surface area contributed by atoms with Gasteiger partial charge in [0.05, 0.1) is 6.10 Å². The van der Waals surface area contributed by atoms with Crippen LogP contribution in [0.3, 0.4) is 0 Å². The Kier molecular flexibility index (Phi) is 3.25. The first kappa shape index (κ1) is 8.42. The summed E-state index contributed by atoms with van der Waals surface area (Å²) < 4.78 is 3.83. The van der Waals surface area contributed by atoms with Gasteiger partial charge >= 0.3 is 0 Å². The molecule has 0 bridgehead atoms. The Morgan fingerprint density at radius 1 is 1.82 bits per heavy atom. The van der Waals surface area contributed by atoms with E-state index in [-0.39, 0.29) is 6.10 Å². The maximum absolute atomic E-state index is 8.91. The number of rotatable bonds is 4. The molecule has 1 rings (SSSR count). The molecule has 0 fully saturated rings. The van der Waals surface area contributed by atoms with Crippen LogP contribution < -0.4 is 5.32 Å². The molecule has 2 N–H and O–H groups in total. The van der Waals surface area contributed by atoms with E-state index in [1.807, 2.05) is 0 Å². The fraction of sp³-hybridized carbons (Fsp3) is 0.667. The highest BCUT2D eigenvalue weighted by Gasteiger charge is 1.96. The lowest BCUT2D eigenvalue weighted by Gasteiger charge is -2.03. The summed E-state index contributed by atoms with van der Waals surface area (Å²) in [6.45, 7) is 2.51. The number of aliphatic hydroxyl groups excluding tert-OH is 1. The minimum Gasteiger partial charge on any atom is -0.393 e. The molecule has 0 saturated carbocycles. The third kappa shape index (κ3) is 3.29. The number of anilines is 1. The highest BCUT2D eigenvalue weighted by molar-refractivity contribution is 7.09. The molecule has 0 unspecified atom stereocenters. The van der Waals surface area contributed by atoms with Crippen molar-refractivity contribution in [1.29, 1.82) is 0 Å². The molecular weight excluding hydrogens is 162 g/mol. The zero-order chi connectivity index (χ0) is 8.10. The average molecular weight is 173 g/mol. The van der Waals surface area contributed by atoms with Gasteiger partial charge in [0.15, 0.2) is 0 Å². The Labute approximate surface area is 69.5 Å². The van der Waals surface area contributed by atoms with Gasteiger partial charge in [0.25, 0.3) is 0 Å². The van der Waals surface area contributed by atoms with E-state index in [0.717, 1.165) is 18.1 Å². The number of aromatic nitrogens is 2. The Balaban J connectivity index is 2.14. The molecule has 0 aromatic carbocycles. The van der Waals surface area contributed by atoms with Crippen molar-refractivity contribution in [3.63, 3.8) is 0 Å². The van der Waals surface area contributed by atoms with Crippen LogP contribution in [0.4, 0.5) is 5.13 Å². The SMILES string of the molecule is C[C@@H](O)CCNc1ncns1. The molecule has 0 amide bonds. The van der Waals surface area contributed by atoms with Crippen LogP contribution in [0.1, 0.15) is 13.3 Å². The van der Waals surface area contributed by atoms with E-state index in [4.69, 9.17) is 5.11 Å². The first-order valence-electron chi connectivity index (χ1n) is 3.47. The molecule has 11 heavy (non-hydrogen) atoms. The third-order valence-corrected chi connectivity index (χ3v) is 1.82. The van der Waals surface area contributed by atoms with E-state index in [9.17, 15) is 0 Å². The smallest absolute Gasteiger partial charge is 0.202 e. The second kappa shape index (κ2) is 4.25. The van der Waals surface area contributed by atoms with Gasteiger partial charge in [-0.05, 0) is 13.3 Å². The maximum Gasteiger partial charge on any atom is 0.202 e. The summed E-state index contributed by atoms with van der Waals surface area (Å²) in [7, 11) is 0. The van der Waals surface area contributed by atoms with Gasteiger partial charge in [0.2, 0.25) is 5.13 Å². The largest absolute Gasteiger partial charge is 0.393 e. The number of aliphatic hydroxyl groups is 1. The van der Waals surface area contributed by atoms with Crippen LogP contribution in [0.15, 0.2) is 6.33 Å². The van der Waals surface area contributed by atoms with Gasteiger partial charge in [-0.15, -0.1) is 0 Å². The number of hydrogen-bond donors (Lipinski definition) is 2. The van der Waals surface area contributed by atoms with Gasteiger partial charge in [0.1, 0.15) is 6.33 Å². The zero-order valence-corrected chi connectivity index (χ0v) is 7.14. The van der Waals surface area contributed by atoms with Crippen LogP contribution in [0.25, 0.3) is 0 Å². The van der Waals surface area contributed by atoms with Crippen molar-refractivity contribution < 1.29 is 5.11 Å². The molecule has 1 aromatic heterocycles. The highest BCUT2D eigenvalue weighted by Crippen LogP contribution is 2.06. The summed E-state index contributed by atoms with van der Waals surface area (Å²) in [5.74, 6) is 0. The molecule has 0 radical (unpaired) electrons. The van der Waals surface area contributed by atoms with Crippen molar-refractivity contribution in [2.45, 2.75) is 19.4 Å². The first-order valence-corrected chi connectivity index (χ1v) is 4.25. The Hall–Kier alpha value is -0.680. The van der Waals surface area contributed by atoms with Crippen molar-refractivity contribution in [1.82, 2.24) is 9.36 Å². The van der Waals surface area contributed by atoms with Gasteiger partial charge in [-0.2, -0.15) is 4.37 Å². The first-order chi connectivity index (χ1) is 5.29. The van der Waals surface area contributed by atoms with E-state index >= 15 is 0 Å². The summed E-state index contributed by atoms with van der Waals surface area (Å²) in [5, 5.41) is 12.8. The summed E-state index contributed by atoms with van der Waals surface area (Å²) in [6.07, 6.45) is 1.99. The maximum atomic E-state index is 8.91. The Morgan fingerprint density at radius 2 is 2.64 bits per heavy atom. The van der Waals surface area contributed by atoms with Gasteiger partial charge in [-0.25, -0.2) is 4.98 Å². The van der Waals surface area contributed by atoms with Crippen LogP contribution in [0, 0.1) is 0 Å². The predicted octanol–water partition coefficient (Wildman–Crippen LogP) is 0.721. The molecule has 62 valence electrons. The molecule has 4 nitrogen and oxygen atoms in total. The van der Waals surface area contributed by atoms with Crippen LogP contribution in [-0.4, -0.2) is 27.1 Å². The fourth-order valence-corrected chi connectivity index (χ4v) is 1.09. The second-order valence-electron chi connectivity index (χ2n) is 2.31. The monoisotopic (exact) mass is 173 g/mol. The Bertz CT molecular complexity index is 188. The van der Waals surface area contributed by atoms with E-state index < -0.39 is 0 Å². The lowest BCUT2D eigenvalue weighted by atomic mass is 10.3.